The smallest absolute Gasteiger partial charge is 0.138 e. The molecule has 0 radical (unpaired) electrons. The van der Waals surface area contributed by atoms with E-state index in [4.69, 9.17) is 0 Å². The number of carbonyl (C=O) groups excluding carboxylic acids is 1. The summed E-state index contributed by atoms with van der Waals surface area (Å²) in [6.07, 6.45) is 3.57. The van der Waals surface area contributed by atoms with Crippen molar-refractivity contribution in [1.82, 2.24) is 0 Å². The minimum Gasteiger partial charge on any atom is -0.392 e. The first-order valence-corrected chi connectivity index (χ1v) is 5.72. The number of Topliss-reactive ketones (excluding diaryl/α,β-unsaturated/α-hetero) is 1. The third-order valence-electron chi connectivity index (χ3n) is 3.64. The molecule has 0 bridgehead atoms. The van der Waals surface area contributed by atoms with Gasteiger partial charge in [0.2, 0.25) is 0 Å². The number of carbonyl (C=O) groups is 1. The van der Waals surface area contributed by atoms with Gasteiger partial charge in [-0.1, -0.05) is 26.8 Å². The number of aliphatic hydroxyl groups is 1. The third kappa shape index (κ3) is 2.49. The van der Waals surface area contributed by atoms with Gasteiger partial charge in [-0.05, 0) is 24.2 Å². The van der Waals surface area contributed by atoms with Gasteiger partial charge in [-0.2, -0.15) is 0 Å². The van der Waals surface area contributed by atoms with Gasteiger partial charge in [-0.25, -0.2) is 0 Å². The van der Waals surface area contributed by atoms with E-state index in [1.54, 1.807) is 0 Å². The lowest BCUT2D eigenvalue weighted by Crippen LogP contribution is -2.40. The molecule has 1 fully saturated rings. The van der Waals surface area contributed by atoms with E-state index in [0.29, 0.717) is 12.3 Å². The first kappa shape index (κ1) is 12.4. The molecule has 0 amide bonds. The summed E-state index contributed by atoms with van der Waals surface area (Å²) in [6, 6.07) is 0. The fourth-order valence-corrected chi connectivity index (χ4v) is 2.50. The summed E-state index contributed by atoms with van der Waals surface area (Å²) in [4.78, 5) is 11.7. The molecule has 2 nitrogen and oxygen atoms in total. The molecule has 1 aliphatic carbocycles. The van der Waals surface area contributed by atoms with E-state index < -0.39 is 6.10 Å². The zero-order valence-electron chi connectivity index (χ0n) is 9.99. The minimum absolute atomic E-state index is 0.167. The maximum Gasteiger partial charge on any atom is 0.138 e. The maximum atomic E-state index is 11.7. The summed E-state index contributed by atoms with van der Waals surface area (Å²) in [6.45, 7) is 9.75. The molecule has 15 heavy (non-hydrogen) atoms. The fraction of sp³-hybridized carbons (Fsp3) is 0.769. The predicted molar refractivity (Wildman–Crippen MR) is 61.5 cm³/mol. The van der Waals surface area contributed by atoms with Crippen molar-refractivity contribution in [2.24, 2.45) is 17.3 Å². The molecule has 86 valence electrons. The minimum atomic E-state index is -0.541. The van der Waals surface area contributed by atoms with E-state index in [9.17, 15) is 9.90 Å². The van der Waals surface area contributed by atoms with Gasteiger partial charge in [0, 0.05) is 12.3 Å². The van der Waals surface area contributed by atoms with Crippen LogP contribution >= 0.6 is 0 Å². The van der Waals surface area contributed by atoms with Crippen LogP contribution in [0.1, 0.15) is 40.0 Å². The quantitative estimate of drug-likeness (QED) is 0.724. The largest absolute Gasteiger partial charge is 0.392 e. The predicted octanol–water partition coefficient (Wildman–Crippen LogP) is 2.56. The van der Waals surface area contributed by atoms with Gasteiger partial charge in [0.25, 0.3) is 0 Å². The van der Waals surface area contributed by atoms with Crippen molar-refractivity contribution in [3.63, 3.8) is 0 Å². The molecular formula is C13H22O2. The Hall–Kier alpha value is -0.630. The van der Waals surface area contributed by atoms with Crippen LogP contribution in [-0.4, -0.2) is 17.0 Å². The summed E-state index contributed by atoms with van der Waals surface area (Å²) in [5, 5.41) is 10.3. The van der Waals surface area contributed by atoms with Crippen LogP contribution in [0.25, 0.3) is 0 Å². The summed E-state index contributed by atoms with van der Waals surface area (Å²) in [5.74, 6) is 0.378. The zero-order chi connectivity index (χ0) is 11.6. The van der Waals surface area contributed by atoms with E-state index in [1.165, 1.54) is 0 Å². The lowest BCUT2D eigenvalue weighted by molar-refractivity contribution is -0.128. The molecule has 2 heteroatoms. The van der Waals surface area contributed by atoms with Crippen LogP contribution in [0.4, 0.5) is 0 Å². The molecule has 0 aromatic carbocycles. The summed E-state index contributed by atoms with van der Waals surface area (Å²) in [5.41, 5.74) is -0.249. The highest BCUT2D eigenvalue weighted by molar-refractivity contribution is 5.84. The second kappa shape index (κ2) is 4.48. The fourth-order valence-electron chi connectivity index (χ4n) is 2.50. The molecule has 1 rings (SSSR count). The molecule has 1 aliphatic rings. The molecule has 0 heterocycles. The van der Waals surface area contributed by atoms with Crippen molar-refractivity contribution in [1.29, 1.82) is 0 Å². The Labute approximate surface area is 92.4 Å². The molecule has 1 N–H and O–H groups in total. The second-order valence-electron chi connectivity index (χ2n) is 5.43. The lowest BCUT2D eigenvalue weighted by atomic mass is 9.74. The van der Waals surface area contributed by atoms with Crippen LogP contribution in [-0.2, 0) is 4.79 Å². The molecular weight excluding hydrogens is 188 g/mol. The molecule has 3 atom stereocenters. The van der Waals surface area contributed by atoms with Gasteiger partial charge in [0.1, 0.15) is 5.78 Å². The Balaban J connectivity index is 2.78. The van der Waals surface area contributed by atoms with Crippen LogP contribution in [0.5, 0.6) is 0 Å². The number of allylic oxidation sites excluding steroid dienone is 1. The Morgan fingerprint density at radius 3 is 2.67 bits per heavy atom. The van der Waals surface area contributed by atoms with E-state index >= 15 is 0 Å². The second-order valence-corrected chi connectivity index (χ2v) is 5.43. The monoisotopic (exact) mass is 210 g/mol. The normalized spacial score (nSPS) is 29.2. The number of ketones is 1. The highest BCUT2D eigenvalue weighted by Crippen LogP contribution is 2.39. The number of hydrogen-bond donors (Lipinski definition) is 1. The van der Waals surface area contributed by atoms with E-state index in [2.05, 4.69) is 13.5 Å². The lowest BCUT2D eigenvalue weighted by Gasteiger charge is -2.34. The first-order valence-electron chi connectivity index (χ1n) is 5.72. The van der Waals surface area contributed by atoms with Gasteiger partial charge < -0.3 is 5.11 Å². The molecule has 1 saturated carbocycles. The van der Waals surface area contributed by atoms with Gasteiger partial charge in [0.05, 0.1) is 6.10 Å². The van der Waals surface area contributed by atoms with Crippen molar-refractivity contribution in [3.05, 3.63) is 12.7 Å². The van der Waals surface area contributed by atoms with Crippen molar-refractivity contribution in [3.8, 4) is 0 Å². The Kier molecular flexibility index (Phi) is 3.72. The van der Waals surface area contributed by atoms with Crippen molar-refractivity contribution >= 4 is 5.78 Å². The van der Waals surface area contributed by atoms with Crippen molar-refractivity contribution in [2.75, 3.05) is 0 Å². The maximum absolute atomic E-state index is 11.7. The van der Waals surface area contributed by atoms with Crippen LogP contribution in [0.15, 0.2) is 12.7 Å². The summed E-state index contributed by atoms with van der Waals surface area (Å²) < 4.78 is 0. The molecule has 3 unspecified atom stereocenters. The summed E-state index contributed by atoms with van der Waals surface area (Å²) in [7, 11) is 0. The molecule has 0 aromatic rings. The number of hydrogen-bond acceptors (Lipinski definition) is 2. The van der Waals surface area contributed by atoms with E-state index in [0.717, 1.165) is 12.8 Å². The van der Waals surface area contributed by atoms with Gasteiger partial charge in [-0.3, -0.25) is 4.79 Å². The van der Waals surface area contributed by atoms with Crippen molar-refractivity contribution in [2.45, 2.75) is 46.1 Å². The topological polar surface area (TPSA) is 37.3 Å². The highest BCUT2D eigenvalue weighted by Gasteiger charge is 2.42. The van der Waals surface area contributed by atoms with Crippen LogP contribution in [0.2, 0.25) is 0 Å². The molecule has 0 spiro atoms. The van der Waals surface area contributed by atoms with Crippen LogP contribution in [0, 0.1) is 17.3 Å². The Morgan fingerprint density at radius 2 is 2.27 bits per heavy atom. The van der Waals surface area contributed by atoms with Crippen LogP contribution in [0.3, 0.4) is 0 Å². The third-order valence-corrected chi connectivity index (χ3v) is 3.64. The molecule has 0 aromatic heterocycles. The molecule has 0 aliphatic heterocycles. The number of rotatable bonds is 4. The highest BCUT2D eigenvalue weighted by atomic mass is 16.3. The molecule has 0 saturated heterocycles. The van der Waals surface area contributed by atoms with Crippen LogP contribution < -0.4 is 0 Å². The summed E-state index contributed by atoms with van der Waals surface area (Å²) >= 11 is 0. The van der Waals surface area contributed by atoms with Gasteiger partial charge >= 0.3 is 0 Å². The standard InChI is InChI=1S/C13H22O2/c1-5-8-13(3,4)12(15)11-9(2)6-7-10(11)14/h5,9,11-12,15H,1,6-8H2,2-4H3. The van der Waals surface area contributed by atoms with Gasteiger partial charge in [-0.15, -0.1) is 6.58 Å². The SMILES string of the molecule is C=CCC(C)(C)C(O)C1C(=O)CCC1C. The van der Waals surface area contributed by atoms with Crippen molar-refractivity contribution < 1.29 is 9.90 Å². The Morgan fingerprint density at radius 1 is 1.67 bits per heavy atom. The first-order chi connectivity index (χ1) is 6.90. The van der Waals surface area contributed by atoms with Gasteiger partial charge in [0.15, 0.2) is 0 Å². The van der Waals surface area contributed by atoms with E-state index in [-0.39, 0.29) is 17.1 Å². The zero-order valence-corrected chi connectivity index (χ0v) is 9.99. The average molecular weight is 210 g/mol. The van der Waals surface area contributed by atoms with E-state index in [1.807, 2.05) is 19.9 Å². The average Bonchev–Trinajstić information content (AvgIpc) is 2.45. The number of aliphatic hydroxyl groups excluding tert-OH is 1. The Bertz CT molecular complexity index is 255.